The van der Waals surface area contributed by atoms with Gasteiger partial charge in [0.25, 0.3) is 0 Å². The Kier molecular flexibility index (Phi) is 5.00. The Balaban J connectivity index is 2.04. The minimum atomic E-state index is -0.326. The van der Waals surface area contributed by atoms with Crippen LogP contribution >= 0.6 is 0 Å². The van der Waals surface area contributed by atoms with E-state index < -0.39 is 0 Å². The Morgan fingerprint density at radius 3 is 2.37 bits per heavy atom. The second kappa shape index (κ2) is 6.53. The molecule has 1 aromatic carbocycles. The van der Waals surface area contributed by atoms with Crippen molar-refractivity contribution < 1.29 is 5.11 Å². The van der Waals surface area contributed by atoms with Crippen molar-refractivity contribution in [3.63, 3.8) is 0 Å². The molecule has 0 heterocycles. The molecule has 1 aliphatic rings. The molecule has 19 heavy (non-hydrogen) atoms. The average Bonchev–Trinajstić information content (AvgIpc) is 2.46. The SMILES string of the molecule is CC(N)(CCCO)c1ccc(C2CCCCC2)cc1. The zero-order chi connectivity index (χ0) is 13.7. The van der Waals surface area contributed by atoms with Crippen LogP contribution in [0.15, 0.2) is 24.3 Å². The van der Waals surface area contributed by atoms with E-state index >= 15 is 0 Å². The maximum Gasteiger partial charge on any atom is 0.0431 e. The minimum absolute atomic E-state index is 0.215. The number of nitrogens with two attached hydrogens (primary N) is 1. The van der Waals surface area contributed by atoms with Gasteiger partial charge in [0.05, 0.1) is 0 Å². The Hall–Kier alpha value is -0.860. The molecule has 0 amide bonds. The quantitative estimate of drug-likeness (QED) is 0.849. The Bertz CT molecular complexity index is 377. The van der Waals surface area contributed by atoms with Gasteiger partial charge < -0.3 is 10.8 Å². The maximum atomic E-state index is 8.94. The normalized spacial score (nSPS) is 20.2. The zero-order valence-electron chi connectivity index (χ0n) is 12.1. The number of rotatable bonds is 5. The molecular weight excluding hydrogens is 234 g/mol. The van der Waals surface area contributed by atoms with Crippen molar-refractivity contribution in [2.45, 2.75) is 63.3 Å². The first kappa shape index (κ1) is 14.5. The molecule has 0 saturated heterocycles. The summed E-state index contributed by atoms with van der Waals surface area (Å²) >= 11 is 0. The van der Waals surface area contributed by atoms with E-state index in [-0.39, 0.29) is 12.1 Å². The Morgan fingerprint density at radius 2 is 1.79 bits per heavy atom. The third-order valence-corrected chi connectivity index (χ3v) is 4.50. The van der Waals surface area contributed by atoms with Crippen LogP contribution in [0, 0.1) is 0 Å². The van der Waals surface area contributed by atoms with Crippen molar-refractivity contribution in [1.29, 1.82) is 0 Å². The van der Waals surface area contributed by atoms with Gasteiger partial charge in [-0.2, -0.15) is 0 Å². The number of hydrogen-bond donors (Lipinski definition) is 2. The Morgan fingerprint density at radius 1 is 1.16 bits per heavy atom. The van der Waals surface area contributed by atoms with E-state index in [4.69, 9.17) is 10.8 Å². The number of benzene rings is 1. The standard InChI is InChI=1S/C17H27NO/c1-17(18,12-5-13-19)16-10-8-15(9-11-16)14-6-3-2-4-7-14/h8-11,14,19H,2-7,12-13,18H2,1H3. The first-order valence-corrected chi connectivity index (χ1v) is 7.63. The molecule has 1 atom stereocenters. The fraction of sp³-hybridized carbons (Fsp3) is 0.647. The van der Waals surface area contributed by atoms with Crippen LogP contribution in [-0.2, 0) is 5.54 Å². The van der Waals surface area contributed by atoms with Crippen LogP contribution in [-0.4, -0.2) is 11.7 Å². The third-order valence-electron chi connectivity index (χ3n) is 4.50. The molecule has 1 fully saturated rings. The van der Waals surface area contributed by atoms with Gasteiger partial charge in [-0.05, 0) is 49.7 Å². The van der Waals surface area contributed by atoms with Crippen LogP contribution in [0.4, 0.5) is 0 Å². The van der Waals surface area contributed by atoms with Crippen LogP contribution in [0.1, 0.15) is 68.9 Å². The highest BCUT2D eigenvalue weighted by Crippen LogP contribution is 2.33. The molecule has 1 unspecified atom stereocenters. The molecule has 0 aliphatic heterocycles. The molecular formula is C17H27NO. The molecule has 1 aromatic rings. The van der Waals surface area contributed by atoms with Crippen LogP contribution in [0.2, 0.25) is 0 Å². The molecule has 2 rings (SSSR count). The molecule has 3 N–H and O–H groups in total. The summed E-state index contributed by atoms with van der Waals surface area (Å²) in [6, 6.07) is 8.88. The van der Waals surface area contributed by atoms with E-state index in [1.54, 1.807) is 0 Å². The van der Waals surface area contributed by atoms with Crippen molar-refractivity contribution in [3.05, 3.63) is 35.4 Å². The molecule has 0 aromatic heterocycles. The van der Waals surface area contributed by atoms with Crippen LogP contribution in [0.5, 0.6) is 0 Å². The molecule has 106 valence electrons. The summed E-state index contributed by atoms with van der Waals surface area (Å²) in [7, 11) is 0. The smallest absolute Gasteiger partial charge is 0.0431 e. The summed E-state index contributed by atoms with van der Waals surface area (Å²) in [4.78, 5) is 0. The van der Waals surface area contributed by atoms with Crippen molar-refractivity contribution in [2.24, 2.45) is 5.73 Å². The lowest BCUT2D eigenvalue weighted by atomic mass is 9.82. The molecule has 0 spiro atoms. The molecule has 0 radical (unpaired) electrons. The maximum absolute atomic E-state index is 8.94. The van der Waals surface area contributed by atoms with Gasteiger partial charge in [-0.15, -0.1) is 0 Å². The zero-order valence-corrected chi connectivity index (χ0v) is 12.1. The predicted octanol–water partition coefficient (Wildman–Crippen LogP) is 3.68. The second-order valence-electron chi connectivity index (χ2n) is 6.20. The van der Waals surface area contributed by atoms with E-state index in [9.17, 15) is 0 Å². The molecule has 2 heteroatoms. The van der Waals surface area contributed by atoms with Gasteiger partial charge >= 0.3 is 0 Å². The first-order chi connectivity index (χ1) is 9.13. The molecule has 1 saturated carbocycles. The third kappa shape index (κ3) is 3.80. The lowest BCUT2D eigenvalue weighted by Gasteiger charge is -2.27. The lowest BCUT2D eigenvalue weighted by molar-refractivity contribution is 0.265. The van der Waals surface area contributed by atoms with Crippen molar-refractivity contribution >= 4 is 0 Å². The summed E-state index contributed by atoms with van der Waals surface area (Å²) in [5.74, 6) is 0.754. The van der Waals surface area contributed by atoms with Crippen LogP contribution in [0.3, 0.4) is 0 Å². The van der Waals surface area contributed by atoms with E-state index in [1.165, 1.54) is 43.2 Å². The fourth-order valence-electron chi connectivity index (χ4n) is 3.16. The highest BCUT2D eigenvalue weighted by Gasteiger charge is 2.21. The van der Waals surface area contributed by atoms with E-state index in [1.807, 2.05) is 0 Å². The van der Waals surface area contributed by atoms with Gasteiger partial charge in [-0.1, -0.05) is 43.5 Å². The average molecular weight is 261 g/mol. The van der Waals surface area contributed by atoms with Gasteiger partial charge in [0.2, 0.25) is 0 Å². The van der Waals surface area contributed by atoms with Crippen molar-refractivity contribution in [1.82, 2.24) is 0 Å². The van der Waals surface area contributed by atoms with E-state index in [0.29, 0.717) is 0 Å². The molecule has 0 bridgehead atoms. The Labute approximate surface area is 117 Å². The fourth-order valence-corrected chi connectivity index (χ4v) is 3.16. The number of aliphatic hydroxyl groups is 1. The summed E-state index contributed by atoms with van der Waals surface area (Å²) in [6.07, 6.45) is 8.41. The van der Waals surface area contributed by atoms with Gasteiger partial charge in [0.15, 0.2) is 0 Å². The molecule has 1 aliphatic carbocycles. The largest absolute Gasteiger partial charge is 0.396 e. The summed E-state index contributed by atoms with van der Waals surface area (Å²) in [6.45, 7) is 2.27. The lowest BCUT2D eigenvalue weighted by Crippen LogP contribution is -2.33. The first-order valence-electron chi connectivity index (χ1n) is 7.63. The van der Waals surface area contributed by atoms with Gasteiger partial charge in [-0.25, -0.2) is 0 Å². The van der Waals surface area contributed by atoms with Crippen molar-refractivity contribution in [3.8, 4) is 0 Å². The minimum Gasteiger partial charge on any atom is -0.396 e. The van der Waals surface area contributed by atoms with Gasteiger partial charge in [0, 0.05) is 12.1 Å². The predicted molar refractivity (Wildman–Crippen MR) is 80.1 cm³/mol. The van der Waals surface area contributed by atoms with Crippen LogP contribution < -0.4 is 5.73 Å². The second-order valence-corrected chi connectivity index (χ2v) is 6.20. The van der Waals surface area contributed by atoms with Crippen molar-refractivity contribution in [2.75, 3.05) is 6.61 Å². The monoisotopic (exact) mass is 261 g/mol. The number of aliphatic hydroxyl groups excluding tert-OH is 1. The highest BCUT2D eigenvalue weighted by atomic mass is 16.2. The van der Waals surface area contributed by atoms with E-state index in [0.717, 1.165) is 18.8 Å². The molecule has 2 nitrogen and oxygen atoms in total. The van der Waals surface area contributed by atoms with Gasteiger partial charge in [0.1, 0.15) is 0 Å². The number of hydrogen-bond acceptors (Lipinski definition) is 2. The highest BCUT2D eigenvalue weighted by molar-refractivity contribution is 5.30. The summed E-state index contributed by atoms with van der Waals surface area (Å²) in [5, 5.41) is 8.94. The van der Waals surface area contributed by atoms with E-state index in [2.05, 4.69) is 31.2 Å². The summed E-state index contributed by atoms with van der Waals surface area (Å²) in [5.41, 5.74) is 8.67. The van der Waals surface area contributed by atoms with Gasteiger partial charge in [-0.3, -0.25) is 0 Å². The summed E-state index contributed by atoms with van der Waals surface area (Å²) < 4.78 is 0. The topological polar surface area (TPSA) is 46.2 Å². The van der Waals surface area contributed by atoms with Crippen LogP contribution in [0.25, 0.3) is 0 Å².